The number of carbonyl (C=O) groups is 1. The third kappa shape index (κ3) is 5.46. The highest BCUT2D eigenvalue weighted by molar-refractivity contribution is 7.99. The summed E-state index contributed by atoms with van der Waals surface area (Å²) in [5.74, 6) is 3.06. The summed E-state index contributed by atoms with van der Waals surface area (Å²) in [6.45, 7) is 12.6. The van der Waals surface area contributed by atoms with Crippen molar-refractivity contribution in [3.05, 3.63) is 52.8 Å². The van der Waals surface area contributed by atoms with E-state index in [-0.39, 0.29) is 41.5 Å². The number of hydrogen-bond donors (Lipinski definition) is 1. The molecule has 0 aliphatic carbocycles. The van der Waals surface area contributed by atoms with Gasteiger partial charge in [0.1, 0.15) is 18.1 Å². The summed E-state index contributed by atoms with van der Waals surface area (Å²) < 4.78 is 18.4. The number of phenolic OH excluding ortho intramolecular Hbond substituents is 1. The summed E-state index contributed by atoms with van der Waals surface area (Å²) in [6.07, 6.45) is 0. The van der Waals surface area contributed by atoms with Crippen LogP contribution in [0.1, 0.15) is 68.9 Å². The summed E-state index contributed by atoms with van der Waals surface area (Å²) in [4.78, 5) is 13.2. The average molecular weight is 512 g/mol. The Kier molecular flexibility index (Phi) is 6.96. The van der Waals surface area contributed by atoms with Crippen molar-refractivity contribution < 1.29 is 24.1 Å². The Hall–Kier alpha value is -3.20. The molecule has 192 valence electrons. The van der Waals surface area contributed by atoms with E-state index >= 15 is 0 Å². The first-order chi connectivity index (χ1) is 16.8. The van der Waals surface area contributed by atoms with E-state index in [1.807, 2.05) is 71.4 Å². The number of thioether (sulfide) groups is 1. The van der Waals surface area contributed by atoms with Gasteiger partial charge >= 0.3 is 0 Å². The minimum Gasteiger partial charge on any atom is -0.507 e. The molecule has 0 saturated carbocycles. The Bertz CT molecular complexity index is 1250. The molecule has 0 amide bonds. The third-order valence-corrected chi connectivity index (χ3v) is 7.04. The quantitative estimate of drug-likeness (QED) is 0.333. The molecule has 0 unspecified atom stereocenters. The Labute approximate surface area is 216 Å². The normalized spacial score (nSPS) is 13.2. The van der Waals surface area contributed by atoms with Gasteiger partial charge in [0.25, 0.3) is 0 Å². The van der Waals surface area contributed by atoms with Crippen LogP contribution in [0.5, 0.6) is 23.0 Å². The molecule has 8 nitrogen and oxygen atoms in total. The molecular weight excluding hydrogens is 478 g/mol. The second kappa shape index (κ2) is 9.69. The van der Waals surface area contributed by atoms with E-state index in [0.717, 1.165) is 11.1 Å². The number of benzene rings is 2. The van der Waals surface area contributed by atoms with Crippen molar-refractivity contribution in [2.24, 2.45) is 7.05 Å². The molecule has 0 spiro atoms. The van der Waals surface area contributed by atoms with Crippen molar-refractivity contribution in [1.82, 2.24) is 14.8 Å². The zero-order valence-corrected chi connectivity index (χ0v) is 22.7. The van der Waals surface area contributed by atoms with Crippen molar-refractivity contribution in [1.29, 1.82) is 0 Å². The van der Waals surface area contributed by atoms with Gasteiger partial charge < -0.3 is 23.9 Å². The minimum atomic E-state index is -0.302. The Balaban J connectivity index is 1.45. The molecule has 0 atom stereocenters. The summed E-state index contributed by atoms with van der Waals surface area (Å²) in [5, 5.41) is 20.0. The van der Waals surface area contributed by atoms with Gasteiger partial charge in [0, 0.05) is 29.8 Å². The number of aromatic hydroxyl groups is 1. The highest BCUT2D eigenvalue weighted by Gasteiger charge is 2.28. The van der Waals surface area contributed by atoms with Gasteiger partial charge in [-0.15, -0.1) is 10.2 Å². The molecular formula is C27H33N3O5S. The van der Waals surface area contributed by atoms with Gasteiger partial charge in [-0.2, -0.15) is 0 Å². The Morgan fingerprint density at radius 1 is 1.03 bits per heavy atom. The standard InChI is InChI=1S/C27H33N3O5S/c1-26(2,3)18-10-16(11-19(24(18)32)27(4,5)6)20(31)14-36-25-29-28-23(30(25)7)13-33-17-8-9-21-22(12-17)35-15-34-21/h8-12,32H,13-15H2,1-7H3. The number of ketones is 1. The van der Waals surface area contributed by atoms with Crippen molar-refractivity contribution in [3.8, 4) is 23.0 Å². The number of rotatable bonds is 7. The van der Waals surface area contributed by atoms with Crippen LogP contribution in [-0.4, -0.2) is 38.2 Å². The molecule has 0 fully saturated rings. The van der Waals surface area contributed by atoms with E-state index in [1.54, 1.807) is 12.1 Å². The Morgan fingerprint density at radius 3 is 2.31 bits per heavy atom. The Morgan fingerprint density at radius 2 is 1.67 bits per heavy atom. The van der Waals surface area contributed by atoms with E-state index in [2.05, 4.69) is 10.2 Å². The van der Waals surface area contributed by atoms with Crippen LogP contribution in [0.4, 0.5) is 0 Å². The molecule has 0 bridgehead atoms. The molecule has 9 heteroatoms. The van der Waals surface area contributed by atoms with Crippen molar-refractivity contribution in [2.45, 2.75) is 64.1 Å². The van der Waals surface area contributed by atoms with E-state index in [0.29, 0.717) is 33.8 Å². The monoisotopic (exact) mass is 511 g/mol. The first-order valence-corrected chi connectivity index (χ1v) is 12.8. The second-order valence-corrected chi connectivity index (χ2v) is 11.8. The summed E-state index contributed by atoms with van der Waals surface area (Å²) in [7, 11) is 1.85. The number of ether oxygens (including phenoxy) is 3. The molecule has 1 aliphatic rings. The number of phenols is 1. The third-order valence-electron chi connectivity index (χ3n) is 6.02. The van der Waals surface area contributed by atoms with Crippen LogP contribution in [0, 0.1) is 0 Å². The lowest BCUT2D eigenvalue weighted by molar-refractivity contribution is 0.102. The fourth-order valence-corrected chi connectivity index (χ4v) is 4.69. The number of carbonyl (C=O) groups excluding carboxylic acids is 1. The first-order valence-electron chi connectivity index (χ1n) is 11.8. The zero-order chi connectivity index (χ0) is 26.3. The zero-order valence-electron chi connectivity index (χ0n) is 21.8. The molecule has 1 aliphatic heterocycles. The number of hydrogen-bond acceptors (Lipinski definition) is 8. The lowest BCUT2D eigenvalue weighted by atomic mass is 9.78. The minimum absolute atomic E-state index is 0.0304. The van der Waals surface area contributed by atoms with E-state index in [9.17, 15) is 9.90 Å². The molecule has 36 heavy (non-hydrogen) atoms. The van der Waals surface area contributed by atoms with E-state index < -0.39 is 0 Å². The van der Waals surface area contributed by atoms with Crippen LogP contribution in [0.15, 0.2) is 35.5 Å². The fourth-order valence-electron chi connectivity index (χ4n) is 3.86. The van der Waals surface area contributed by atoms with Gasteiger partial charge in [-0.3, -0.25) is 4.79 Å². The maximum atomic E-state index is 13.2. The predicted molar refractivity (Wildman–Crippen MR) is 138 cm³/mol. The average Bonchev–Trinajstić information content (AvgIpc) is 3.40. The molecule has 2 heterocycles. The van der Waals surface area contributed by atoms with E-state index in [4.69, 9.17) is 14.2 Å². The molecule has 3 aromatic rings. The second-order valence-electron chi connectivity index (χ2n) is 10.9. The van der Waals surface area contributed by atoms with Crippen LogP contribution >= 0.6 is 11.8 Å². The topological polar surface area (TPSA) is 95.7 Å². The molecule has 1 N–H and O–H groups in total. The lowest BCUT2D eigenvalue weighted by Crippen LogP contribution is -2.19. The van der Waals surface area contributed by atoms with Crippen LogP contribution in [0.3, 0.4) is 0 Å². The molecule has 4 rings (SSSR count). The van der Waals surface area contributed by atoms with Gasteiger partial charge in [-0.05, 0) is 35.1 Å². The maximum absolute atomic E-state index is 13.2. The molecule has 0 saturated heterocycles. The summed E-state index contributed by atoms with van der Waals surface area (Å²) in [6, 6.07) is 9.03. The molecule has 0 radical (unpaired) electrons. The number of nitrogens with zero attached hydrogens (tertiary/aromatic N) is 3. The number of fused-ring (bicyclic) bond motifs is 1. The van der Waals surface area contributed by atoms with Crippen LogP contribution in [-0.2, 0) is 24.5 Å². The first kappa shape index (κ1) is 25.9. The van der Waals surface area contributed by atoms with Gasteiger partial charge in [0.05, 0.1) is 5.75 Å². The van der Waals surface area contributed by atoms with Crippen molar-refractivity contribution in [2.75, 3.05) is 12.5 Å². The van der Waals surface area contributed by atoms with Crippen LogP contribution in [0.2, 0.25) is 0 Å². The summed E-state index contributed by atoms with van der Waals surface area (Å²) in [5.41, 5.74) is 1.52. The van der Waals surface area contributed by atoms with Gasteiger partial charge in [0.15, 0.2) is 28.3 Å². The molecule has 1 aromatic heterocycles. The van der Waals surface area contributed by atoms with Gasteiger partial charge in [-0.1, -0.05) is 53.3 Å². The fraction of sp³-hybridized carbons (Fsp3) is 0.444. The smallest absolute Gasteiger partial charge is 0.231 e. The highest BCUT2D eigenvalue weighted by Crippen LogP contribution is 2.40. The lowest BCUT2D eigenvalue weighted by Gasteiger charge is -2.28. The predicted octanol–water partition coefficient (Wildman–Crippen LogP) is 5.40. The highest BCUT2D eigenvalue weighted by atomic mass is 32.2. The van der Waals surface area contributed by atoms with Crippen molar-refractivity contribution in [3.63, 3.8) is 0 Å². The van der Waals surface area contributed by atoms with E-state index in [1.165, 1.54) is 11.8 Å². The number of aromatic nitrogens is 3. The van der Waals surface area contributed by atoms with Crippen LogP contribution < -0.4 is 14.2 Å². The summed E-state index contributed by atoms with van der Waals surface area (Å²) >= 11 is 1.32. The van der Waals surface area contributed by atoms with Crippen molar-refractivity contribution >= 4 is 17.5 Å². The largest absolute Gasteiger partial charge is 0.507 e. The SMILES string of the molecule is Cn1c(COc2ccc3c(c2)OCO3)nnc1SCC(=O)c1cc(C(C)(C)C)c(O)c(C(C)(C)C)c1. The molecule has 2 aromatic carbocycles. The maximum Gasteiger partial charge on any atom is 0.231 e. The number of Topliss-reactive ketones (excluding diaryl/α,β-unsaturated/α-hetero) is 1. The van der Waals surface area contributed by atoms with Gasteiger partial charge in [-0.25, -0.2) is 0 Å². The van der Waals surface area contributed by atoms with Crippen LogP contribution in [0.25, 0.3) is 0 Å². The van der Waals surface area contributed by atoms with Gasteiger partial charge in [0.2, 0.25) is 6.79 Å².